The van der Waals surface area contributed by atoms with Crippen molar-refractivity contribution in [3.05, 3.63) is 70.8 Å². The number of likely N-dealkylation sites (tertiary alicyclic amines) is 1. The van der Waals surface area contributed by atoms with Crippen LogP contribution in [-0.4, -0.2) is 87.7 Å². The molecule has 2 heterocycles. The zero-order valence-electron chi connectivity index (χ0n) is 24.3. The Kier molecular flexibility index (Phi) is 9.24. The van der Waals surface area contributed by atoms with Crippen LogP contribution in [0.5, 0.6) is 0 Å². The number of aliphatic hydroxyl groups excluding tert-OH is 1. The number of aliphatic hydroxyl groups is 1. The fourth-order valence-corrected chi connectivity index (χ4v) is 5.41. The molecule has 2 aromatic rings. The molecule has 2 aliphatic rings. The van der Waals surface area contributed by atoms with Crippen molar-refractivity contribution in [3.63, 3.8) is 0 Å². The average Bonchev–Trinajstić information content (AvgIpc) is 3.32. The Labute approximate surface area is 250 Å². The third-order valence-corrected chi connectivity index (χ3v) is 7.40. The van der Waals surface area contributed by atoms with E-state index in [1.807, 2.05) is 0 Å². The van der Waals surface area contributed by atoms with Gasteiger partial charge in [0.1, 0.15) is 11.6 Å². The number of benzene rings is 2. The first-order valence-corrected chi connectivity index (χ1v) is 13.9. The third-order valence-electron chi connectivity index (χ3n) is 7.40. The number of hydrogen-bond donors (Lipinski definition) is 1. The van der Waals surface area contributed by atoms with E-state index in [0.717, 1.165) is 10.5 Å². The Balaban J connectivity index is 1.63. The molecular formula is C30H33F6N3O5. The van der Waals surface area contributed by atoms with Crippen LogP contribution in [0.1, 0.15) is 54.2 Å². The van der Waals surface area contributed by atoms with Gasteiger partial charge in [-0.1, -0.05) is 30.3 Å². The van der Waals surface area contributed by atoms with E-state index in [9.17, 15) is 45.8 Å². The number of carbonyl (C=O) groups is 3. The lowest BCUT2D eigenvalue weighted by Crippen LogP contribution is -2.60. The van der Waals surface area contributed by atoms with E-state index in [2.05, 4.69) is 0 Å². The van der Waals surface area contributed by atoms with Gasteiger partial charge in [-0.15, -0.1) is 0 Å². The van der Waals surface area contributed by atoms with Crippen LogP contribution in [0.3, 0.4) is 0 Å². The molecule has 8 nitrogen and oxygen atoms in total. The Morgan fingerprint density at radius 1 is 0.864 bits per heavy atom. The number of hydrogen-bond acceptors (Lipinski definition) is 5. The third kappa shape index (κ3) is 7.82. The highest BCUT2D eigenvalue weighted by Crippen LogP contribution is 2.37. The molecule has 0 radical (unpaired) electrons. The Bertz CT molecular complexity index is 1340. The van der Waals surface area contributed by atoms with Crippen molar-refractivity contribution >= 4 is 17.9 Å². The van der Waals surface area contributed by atoms with Gasteiger partial charge in [-0.3, -0.25) is 14.5 Å². The summed E-state index contributed by atoms with van der Waals surface area (Å²) >= 11 is 0. The quantitative estimate of drug-likeness (QED) is 0.482. The molecule has 0 bridgehead atoms. The first-order valence-electron chi connectivity index (χ1n) is 13.9. The van der Waals surface area contributed by atoms with Crippen LogP contribution in [0.2, 0.25) is 0 Å². The SMILES string of the molecule is CC(C)(C)OC(=O)N1C[C@H](O)C[C@@H]1C(=O)N1CCN(C(=O)c2cc(C(F)(F)F)cc(C(F)(F)F)c2)[C@H](Cc2ccccc2)C1. The van der Waals surface area contributed by atoms with E-state index in [1.165, 1.54) is 9.80 Å². The van der Waals surface area contributed by atoms with Crippen LogP contribution in [0.15, 0.2) is 48.5 Å². The van der Waals surface area contributed by atoms with Gasteiger partial charge in [0.25, 0.3) is 5.91 Å². The van der Waals surface area contributed by atoms with Gasteiger partial charge in [-0.05, 0) is 51.0 Å². The summed E-state index contributed by atoms with van der Waals surface area (Å²) in [6.07, 6.45) is -11.9. The minimum absolute atomic E-state index is 0.0404. The zero-order chi connectivity index (χ0) is 32.6. The maximum absolute atomic E-state index is 13.7. The molecule has 240 valence electrons. The second kappa shape index (κ2) is 12.3. The average molecular weight is 630 g/mol. The van der Waals surface area contributed by atoms with Crippen LogP contribution in [-0.2, 0) is 28.3 Å². The van der Waals surface area contributed by atoms with Crippen LogP contribution >= 0.6 is 0 Å². The summed E-state index contributed by atoms with van der Waals surface area (Å²) < 4.78 is 86.5. The van der Waals surface area contributed by atoms with E-state index in [-0.39, 0.29) is 45.1 Å². The summed E-state index contributed by atoms with van der Waals surface area (Å²) in [5.41, 5.74) is -4.13. The van der Waals surface area contributed by atoms with Crippen molar-refractivity contribution in [1.29, 1.82) is 0 Å². The summed E-state index contributed by atoms with van der Waals surface area (Å²) in [4.78, 5) is 43.8. The van der Waals surface area contributed by atoms with Gasteiger partial charge < -0.3 is 19.6 Å². The first-order chi connectivity index (χ1) is 20.3. The van der Waals surface area contributed by atoms with Gasteiger partial charge >= 0.3 is 18.4 Å². The molecule has 0 spiro atoms. The van der Waals surface area contributed by atoms with Crippen molar-refractivity contribution in [2.24, 2.45) is 0 Å². The minimum Gasteiger partial charge on any atom is -0.444 e. The maximum atomic E-state index is 13.7. The normalized spacial score (nSPS) is 21.4. The van der Waals surface area contributed by atoms with Gasteiger partial charge in [0, 0.05) is 31.6 Å². The van der Waals surface area contributed by atoms with E-state index in [1.54, 1.807) is 51.1 Å². The number of piperazine rings is 1. The summed E-state index contributed by atoms with van der Waals surface area (Å²) in [5.74, 6) is -1.56. The summed E-state index contributed by atoms with van der Waals surface area (Å²) in [6, 6.07) is 7.57. The van der Waals surface area contributed by atoms with E-state index in [4.69, 9.17) is 4.74 Å². The Morgan fingerprint density at radius 3 is 2.00 bits per heavy atom. The Hall–Kier alpha value is -3.81. The standard InChI is InChI=1S/C30H33F6N3O5/c1-28(2,3)44-27(43)39-17-23(40)15-24(39)26(42)37-9-10-38(22(16-37)11-18-7-5-4-6-8-18)25(41)19-12-20(29(31,32)33)14-21(13-19)30(34,35)36/h4-8,12-14,22-24,40H,9-11,15-17H2,1-3H3/t22-,23-,24-/m1/s1. The number of β-amino-alcohol motifs (C(OH)–C–C–N with tert-alkyl or cyclic N) is 1. The number of nitrogens with zero attached hydrogens (tertiary/aromatic N) is 3. The number of halogens is 6. The fraction of sp³-hybridized carbons (Fsp3) is 0.500. The highest BCUT2D eigenvalue weighted by molar-refractivity contribution is 5.95. The van der Waals surface area contributed by atoms with Gasteiger partial charge in [-0.25, -0.2) is 4.79 Å². The number of rotatable bonds is 4. The lowest BCUT2D eigenvalue weighted by Gasteiger charge is -2.43. The molecule has 0 aromatic heterocycles. The number of ether oxygens (including phenoxy) is 1. The highest BCUT2D eigenvalue weighted by Gasteiger charge is 2.45. The lowest BCUT2D eigenvalue weighted by atomic mass is 9.98. The van der Waals surface area contributed by atoms with Gasteiger partial charge in [0.15, 0.2) is 0 Å². The monoisotopic (exact) mass is 629 g/mol. The van der Waals surface area contributed by atoms with E-state index >= 15 is 0 Å². The van der Waals surface area contributed by atoms with Crippen LogP contribution < -0.4 is 0 Å². The predicted molar refractivity (Wildman–Crippen MR) is 145 cm³/mol. The highest BCUT2D eigenvalue weighted by atomic mass is 19.4. The zero-order valence-corrected chi connectivity index (χ0v) is 24.3. The second-order valence-electron chi connectivity index (χ2n) is 12.0. The van der Waals surface area contributed by atoms with Crippen LogP contribution in [0, 0.1) is 0 Å². The van der Waals surface area contributed by atoms with E-state index in [0.29, 0.717) is 12.1 Å². The molecule has 2 aromatic carbocycles. The van der Waals surface area contributed by atoms with Crippen molar-refractivity contribution in [1.82, 2.24) is 14.7 Å². The minimum atomic E-state index is -5.13. The molecular weight excluding hydrogens is 596 g/mol. The van der Waals surface area contributed by atoms with Gasteiger partial charge in [0.05, 0.1) is 29.8 Å². The molecule has 2 fully saturated rings. The number of carbonyl (C=O) groups excluding carboxylic acids is 3. The summed E-state index contributed by atoms with van der Waals surface area (Å²) in [5, 5.41) is 10.3. The van der Waals surface area contributed by atoms with Crippen molar-refractivity contribution in [3.8, 4) is 0 Å². The lowest BCUT2D eigenvalue weighted by molar-refractivity contribution is -0.143. The molecule has 2 saturated heterocycles. The first kappa shape index (κ1) is 33.1. The topological polar surface area (TPSA) is 90.4 Å². The molecule has 0 aliphatic carbocycles. The fourth-order valence-electron chi connectivity index (χ4n) is 5.41. The van der Waals surface area contributed by atoms with Gasteiger partial charge in [-0.2, -0.15) is 26.3 Å². The summed E-state index contributed by atoms with van der Waals surface area (Å²) in [7, 11) is 0. The van der Waals surface area contributed by atoms with E-state index < -0.39 is 70.7 Å². The molecule has 0 unspecified atom stereocenters. The Morgan fingerprint density at radius 2 is 1.45 bits per heavy atom. The smallest absolute Gasteiger partial charge is 0.416 e. The van der Waals surface area contributed by atoms with Crippen molar-refractivity contribution in [2.75, 3.05) is 26.2 Å². The molecule has 2 aliphatic heterocycles. The predicted octanol–water partition coefficient (Wildman–Crippen LogP) is 4.99. The molecule has 1 N–H and O–H groups in total. The summed E-state index contributed by atoms with van der Waals surface area (Å²) in [6.45, 7) is 4.42. The number of amides is 3. The maximum Gasteiger partial charge on any atom is 0.416 e. The molecule has 14 heteroatoms. The van der Waals surface area contributed by atoms with Crippen molar-refractivity contribution < 1.29 is 50.6 Å². The van der Waals surface area contributed by atoms with Gasteiger partial charge in [0.2, 0.25) is 5.91 Å². The van der Waals surface area contributed by atoms with Crippen molar-refractivity contribution in [2.45, 2.75) is 69.8 Å². The van der Waals surface area contributed by atoms with Crippen LogP contribution in [0.25, 0.3) is 0 Å². The molecule has 4 rings (SSSR count). The van der Waals surface area contributed by atoms with Crippen LogP contribution in [0.4, 0.5) is 31.1 Å². The molecule has 3 amide bonds. The largest absolute Gasteiger partial charge is 0.444 e. The molecule has 3 atom stereocenters. The molecule has 44 heavy (non-hydrogen) atoms. The number of alkyl halides is 6. The molecule has 0 saturated carbocycles. The second-order valence-corrected chi connectivity index (χ2v) is 12.0.